The Balaban J connectivity index is 2.24. The molecule has 6 nitrogen and oxygen atoms in total. The molecule has 20 heavy (non-hydrogen) atoms. The van der Waals surface area contributed by atoms with Gasteiger partial charge in [0, 0.05) is 13.2 Å². The first-order chi connectivity index (χ1) is 9.51. The number of nitrogens with zero attached hydrogens (tertiary/aromatic N) is 2. The number of hydrogen-bond donors (Lipinski definition) is 1. The molecule has 2 rings (SSSR count). The molecule has 104 valence electrons. The number of hydrogen-bond acceptors (Lipinski definition) is 4. The van der Waals surface area contributed by atoms with Crippen molar-refractivity contribution in [1.29, 1.82) is 0 Å². The standard InChI is InChI=1S/C13H12ClN3O3/c1-17-7-9(6-15-17)12(18)16-11-5-8(13(19)20-2)3-4-10(11)14/h3-7H,1-2H3,(H,16,18). The highest BCUT2D eigenvalue weighted by molar-refractivity contribution is 6.34. The smallest absolute Gasteiger partial charge is 0.337 e. The third kappa shape index (κ3) is 2.97. The van der Waals surface area contributed by atoms with Crippen molar-refractivity contribution in [2.45, 2.75) is 0 Å². The summed E-state index contributed by atoms with van der Waals surface area (Å²) >= 11 is 5.99. The molecule has 1 aromatic heterocycles. The van der Waals surface area contributed by atoms with Crippen LogP contribution < -0.4 is 5.32 Å². The molecule has 1 amide bonds. The monoisotopic (exact) mass is 293 g/mol. The minimum Gasteiger partial charge on any atom is -0.465 e. The van der Waals surface area contributed by atoms with Gasteiger partial charge in [-0.25, -0.2) is 4.79 Å². The van der Waals surface area contributed by atoms with Gasteiger partial charge < -0.3 is 10.1 Å². The summed E-state index contributed by atoms with van der Waals surface area (Å²) in [6, 6.07) is 4.50. The molecule has 0 saturated heterocycles. The fraction of sp³-hybridized carbons (Fsp3) is 0.154. The number of esters is 1. The molecule has 0 radical (unpaired) electrons. The highest BCUT2D eigenvalue weighted by Crippen LogP contribution is 2.24. The maximum atomic E-state index is 12.0. The number of halogens is 1. The predicted octanol–water partition coefficient (Wildman–Crippen LogP) is 2.11. The quantitative estimate of drug-likeness (QED) is 0.880. The van der Waals surface area contributed by atoms with E-state index in [1.54, 1.807) is 13.2 Å². The van der Waals surface area contributed by atoms with Gasteiger partial charge in [-0.1, -0.05) is 11.6 Å². The molecular weight excluding hydrogens is 282 g/mol. The maximum Gasteiger partial charge on any atom is 0.337 e. The van der Waals surface area contributed by atoms with Gasteiger partial charge in [-0.05, 0) is 18.2 Å². The molecule has 0 unspecified atom stereocenters. The Bertz CT molecular complexity index is 667. The van der Waals surface area contributed by atoms with Crippen LogP contribution in [0.15, 0.2) is 30.6 Å². The lowest BCUT2D eigenvalue weighted by atomic mass is 10.2. The second-order valence-corrected chi connectivity index (χ2v) is 4.45. The molecule has 0 spiro atoms. The lowest BCUT2D eigenvalue weighted by Gasteiger charge is -2.08. The molecule has 0 aliphatic carbocycles. The fourth-order valence-corrected chi connectivity index (χ4v) is 1.76. The predicted molar refractivity (Wildman–Crippen MR) is 74.0 cm³/mol. The number of ether oxygens (including phenoxy) is 1. The van der Waals surface area contributed by atoms with Crippen LogP contribution in [0.3, 0.4) is 0 Å². The minimum absolute atomic E-state index is 0.304. The number of aromatic nitrogens is 2. The van der Waals surface area contributed by atoms with E-state index in [0.29, 0.717) is 21.8 Å². The molecule has 7 heteroatoms. The molecule has 0 fully saturated rings. The van der Waals surface area contributed by atoms with Crippen molar-refractivity contribution in [3.63, 3.8) is 0 Å². The van der Waals surface area contributed by atoms with Gasteiger partial charge in [-0.15, -0.1) is 0 Å². The van der Waals surface area contributed by atoms with E-state index >= 15 is 0 Å². The maximum absolute atomic E-state index is 12.0. The average Bonchev–Trinajstić information content (AvgIpc) is 2.87. The Morgan fingerprint density at radius 3 is 2.70 bits per heavy atom. The number of methoxy groups -OCH3 is 1. The molecule has 0 saturated carbocycles. The van der Waals surface area contributed by atoms with E-state index in [1.807, 2.05) is 0 Å². The highest BCUT2D eigenvalue weighted by Gasteiger charge is 2.13. The number of rotatable bonds is 3. The third-order valence-corrected chi connectivity index (χ3v) is 2.93. The van der Waals surface area contributed by atoms with Crippen LogP contribution in [0.4, 0.5) is 5.69 Å². The average molecular weight is 294 g/mol. The lowest BCUT2D eigenvalue weighted by Crippen LogP contribution is -2.12. The Morgan fingerprint density at radius 1 is 1.35 bits per heavy atom. The van der Waals surface area contributed by atoms with Crippen molar-refractivity contribution in [1.82, 2.24) is 9.78 Å². The number of aryl methyl sites for hydroxylation is 1. The summed E-state index contributed by atoms with van der Waals surface area (Å²) in [6.45, 7) is 0. The van der Waals surface area contributed by atoms with Gasteiger partial charge in [0.15, 0.2) is 0 Å². The SMILES string of the molecule is COC(=O)c1ccc(Cl)c(NC(=O)c2cnn(C)c2)c1. The molecule has 0 aliphatic heterocycles. The summed E-state index contributed by atoms with van der Waals surface area (Å²) in [5.41, 5.74) is 1.04. The van der Waals surface area contributed by atoms with Gasteiger partial charge in [0.1, 0.15) is 0 Å². The van der Waals surface area contributed by atoms with Crippen LogP contribution in [0.25, 0.3) is 0 Å². The third-order valence-electron chi connectivity index (χ3n) is 2.60. The molecular formula is C13H12ClN3O3. The van der Waals surface area contributed by atoms with Gasteiger partial charge in [-0.2, -0.15) is 5.10 Å². The van der Waals surface area contributed by atoms with E-state index in [1.165, 1.54) is 36.2 Å². The van der Waals surface area contributed by atoms with Gasteiger partial charge >= 0.3 is 5.97 Å². The van der Waals surface area contributed by atoms with E-state index in [2.05, 4.69) is 15.2 Å². The summed E-state index contributed by atoms with van der Waals surface area (Å²) in [6.07, 6.45) is 3.01. The summed E-state index contributed by atoms with van der Waals surface area (Å²) in [4.78, 5) is 23.4. The van der Waals surface area contributed by atoms with Crippen LogP contribution in [0, 0.1) is 0 Å². The second-order valence-electron chi connectivity index (χ2n) is 4.04. The summed E-state index contributed by atoms with van der Waals surface area (Å²) < 4.78 is 6.13. The highest BCUT2D eigenvalue weighted by atomic mass is 35.5. The zero-order chi connectivity index (χ0) is 14.7. The topological polar surface area (TPSA) is 73.2 Å². The number of anilines is 1. The van der Waals surface area contributed by atoms with Gasteiger partial charge in [0.25, 0.3) is 5.91 Å². The van der Waals surface area contributed by atoms with E-state index < -0.39 is 5.97 Å². The molecule has 0 atom stereocenters. The first kappa shape index (κ1) is 14.1. The van der Waals surface area contributed by atoms with Gasteiger partial charge in [0.05, 0.1) is 35.1 Å². The van der Waals surface area contributed by atoms with Crippen molar-refractivity contribution in [2.75, 3.05) is 12.4 Å². The summed E-state index contributed by atoms with van der Waals surface area (Å²) in [5, 5.41) is 6.87. The van der Waals surface area contributed by atoms with Crippen LogP contribution >= 0.6 is 11.6 Å². The van der Waals surface area contributed by atoms with Crippen LogP contribution in [0.2, 0.25) is 5.02 Å². The zero-order valence-electron chi connectivity index (χ0n) is 10.9. The number of carbonyl (C=O) groups is 2. The van der Waals surface area contributed by atoms with Gasteiger partial charge in [0.2, 0.25) is 0 Å². The Morgan fingerprint density at radius 2 is 2.10 bits per heavy atom. The summed E-state index contributed by atoms with van der Waals surface area (Å²) in [5.74, 6) is -0.861. The van der Waals surface area contributed by atoms with E-state index in [0.717, 1.165) is 0 Å². The first-order valence-electron chi connectivity index (χ1n) is 5.69. The second kappa shape index (κ2) is 5.75. The van der Waals surface area contributed by atoms with Crippen molar-refractivity contribution < 1.29 is 14.3 Å². The molecule has 1 heterocycles. The van der Waals surface area contributed by atoms with Crippen LogP contribution in [0.1, 0.15) is 20.7 Å². The normalized spacial score (nSPS) is 10.2. The van der Waals surface area contributed by atoms with E-state index in [-0.39, 0.29) is 5.91 Å². The first-order valence-corrected chi connectivity index (χ1v) is 6.07. The fourth-order valence-electron chi connectivity index (χ4n) is 1.60. The Labute approximate surface area is 120 Å². The zero-order valence-corrected chi connectivity index (χ0v) is 11.6. The van der Waals surface area contributed by atoms with Crippen molar-refractivity contribution in [3.05, 3.63) is 46.7 Å². The van der Waals surface area contributed by atoms with E-state index in [9.17, 15) is 9.59 Å². The number of nitrogens with one attached hydrogen (secondary N) is 1. The van der Waals surface area contributed by atoms with E-state index in [4.69, 9.17) is 11.6 Å². The number of benzene rings is 1. The van der Waals surface area contributed by atoms with Crippen LogP contribution in [0.5, 0.6) is 0 Å². The van der Waals surface area contributed by atoms with Crippen LogP contribution in [-0.4, -0.2) is 28.8 Å². The number of amides is 1. The van der Waals surface area contributed by atoms with Crippen molar-refractivity contribution in [3.8, 4) is 0 Å². The largest absolute Gasteiger partial charge is 0.465 e. The molecule has 1 N–H and O–H groups in total. The van der Waals surface area contributed by atoms with Gasteiger partial charge in [-0.3, -0.25) is 9.48 Å². The van der Waals surface area contributed by atoms with Crippen molar-refractivity contribution in [2.24, 2.45) is 7.05 Å². The molecule has 0 bridgehead atoms. The number of carbonyl (C=O) groups excluding carboxylic acids is 2. The summed E-state index contributed by atoms with van der Waals surface area (Å²) in [7, 11) is 2.99. The van der Waals surface area contributed by atoms with Crippen molar-refractivity contribution >= 4 is 29.2 Å². The molecule has 2 aromatic rings. The molecule has 0 aliphatic rings. The minimum atomic E-state index is -0.501. The Kier molecular flexibility index (Phi) is 4.05. The Hall–Kier alpha value is -2.34. The lowest BCUT2D eigenvalue weighted by molar-refractivity contribution is 0.0600. The molecule has 1 aromatic carbocycles. The van der Waals surface area contributed by atoms with Crippen LogP contribution in [-0.2, 0) is 11.8 Å².